The van der Waals surface area contributed by atoms with Gasteiger partial charge in [-0.2, -0.15) is 0 Å². The Morgan fingerprint density at radius 1 is 0.319 bits per heavy atom. The van der Waals surface area contributed by atoms with Crippen molar-refractivity contribution >= 4 is 57.2 Å². The van der Waals surface area contributed by atoms with Gasteiger partial charge in [-0.1, -0.05) is 227 Å². The van der Waals surface area contributed by atoms with Gasteiger partial charge in [-0.05, 0) is 138 Å². The van der Waals surface area contributed by atoms with Crippen molar-refractivity contribution in [3.63, 3.8) is 0 Å². The minimum Gasteiger partial charge on any atom is -0.311 e. The van der Waals surface area contributed by atoms with Crippen LogP contribution in [0.15, 0.2) is 206 Å². The van der Waals surface area contributed by atoms with Gasteiger partial charge >= 0.3 is 0 Å². The fourth-order valence-electron chi connectivity index (χ4n) is 11.5. The fraction of sp³-hybridized carbons (Fsp3) is 0.217. The molecule has 72 heavy (non-hydrogen) atoms. The molecule has 0 amide bonds. The van der Waals surface area contributed by atoms with Crippen molar-refractivity contribution in [3.05, 3.63) is 245 Å². The predicted molar refractivity (Wildman–Crippen MR) is 311 cm³/mol. The highest BCUT2D eigenvalue weighted by molar-refractivity contribution is 7.00. The van der Waals surface area contributed by atoms with Crippen LogP contribution in [-0.4, -0.2) is 6.71 Å². The topological polar surface area (TPSA) is 6.48 Å². The van der Waals surface area contributed by atoms with E-state index in [4.69, 9.17) is 0 Å². The van der Waals surface area contributed by atoms with E-state index in [-0.39, 0.29) is 28.4 Å². The summed E-state index contributed by atoms with van der Waals surface area (Å²) < 4.78 is 0. The molecular weight excluding hydrogens is 868 g/mol. The summed E-state index contributed by atoms with van der Waals surface area (Å²) in [7, 11) is 0. The molecule has 11 rings (SSSR count). The van der Waals surface area contributed by atoms with Crippen molar-refractivity contribution < 1.29 is 0 Å². The van der Waals surface area contributed by atoms with Crippen LogP contribution in [0.2, 0.25) is 0 Å². The molecule has 0 fully saturated rings. The lowest BCUT2D eigenvalue weighted by Gasteiger charge is -2.45. The van der Waals surface area contributed by atoms with Crippen molar-refractivity contribution in [2.75, 3.05) is 9.80 Å². The van der Waals surface area contributed by atoms with Crippen molar-refractivity contribution in [1.29, 1.82) is 0 Å². The maximum atomic E-state index is 2.62. The Bertz CT molecular complexity index is 3500. The zero-order valence-electron chi connectivity index (χ0n) is 44.1. The van der Waals surface area contributed by atoms with Crippen LogP contribution in [0.4, 0.5) is 34.1 Å². The number of aryl methyl sites for hydroxylation is 1. The Balaban J connectivity index is 1.19. The first-order valence-electron chi connectivity index (χ1n) is 26.0. The molecule has 0 atom stereocenters. The van der Waals surface area contributed by atoms with E-state index >= 15 is 0 Å². The maximum Gasteiger partial charge on any atom is 0.252 e. The number of fused-ring (bicyclic) bond motifs is 4. The Hall–Kier alpha value is -7.36. The fourth-order valence-corrected chi connectivity index (χ4v) is 11.5. The standard InChI is InChI=1S/C69H67BN2/c1-46-39-63-65-64(40-46)72(60-37-34-54(43-57(60)48-25-17-13-18-26-48)69(10,11)53-31-21-27-49(41-53)47-23-15-12-16-24-47)61-38-35-55(68(8,9)50-28-19-14-20-29-50)44-59(61)70(65)58-36-33-52(67(5,6)7)45-62(58)71(63)56-32-22-30-51(42-56)66(2,3)4/h12-45H,1-11H3. The summed E-state index contributed by atoms with van der Waals surface area (Å²) in [5.41, 5.74) is 24.5. The van der Waals surface area contributed by atoms with Crippen LogP contribution in [0.25, 0.3) is 22.3 Å². The van der Waals surface area contributed by atoms with Crippen LogP contribution in [-0.2, 0) is 21.7 Å². The quantitative estimate of drug-likeness (QED) is 0.140. The molecule has 0 unspecified atom stereocenters. The van der Waals surface area contributed by atoms with Gasteiger partial charge < -0.3 is 9.80 Å². The van der Waals surface area contributed by atoms with Crippen molar-refractivity contribution in [2.45, 2.75) is 97.8 Å². The molecule has 0 N–H and O–H groups in total. The highest BCUT2D eigenvalue weighted by atomic mass is 15.2. The molecule has 0 aliphatic carbocycles. The number of hydrogen-bond donors (Lipinski definition) is 0. The second kappa shape index (κ2) is 17.4. The van der Waals surface area contributed by atoms with E-state index in [1.165, 1.54) is 106 Å². The van der Waals surface area contributed by atoms with E-state index < -0.39 is 0 Å². The molecular formula is C69H67BN2. The molecule has 2 aliphatic heterocycles. The Morgan fingerprint density at radius 2 is 0.819 bits per heavy atom. The molecule has 0 saturated heterocycles. The van der Waals surface area contributed by atoms with Gasteiger partial charge in [-0.15, -0.1) is 0 Å². The lowest BCUT2D eigenvalue weighted by molar-refractivity contribution is 0.590. The van der Waals surface area contributed by atoms with E-state index in [9.17, 15) is 0 Å². The van der Waals surface area contributed by atoms with E-state index in [1.807, 2.05) is 0 Å². The smallest absolute Gasteiger partial charge is 0.252 e. The summed E-state index contributed by atoms with van der Waals surface area (Å²) in [6.45, 7) is 25.7. The molecule has 2 heterocycles. The lowest BCUT2D eigenvalue weighted by Crippen LogP contribution is -2.61. The maximum absolute atomic E-state index is 2.62. The van der Waals surface area contributed by atoms with Crippen LogP contribution in [0.5, 0.6) is 0 Å². The molecule has 9 aromatic carbocycles. The van der Waals surface area contributed by atoms with E-state index in [0.717, 1.165) is 5.69 Å². The summed E-state index contributed by atoms with van der Waals surface area (Å²) in [5.74, 6) is 0. The SMILES string of the molecule is Cc1cc2c3c(c1)N(c1ccc(C(C)(C)c4cccc(-c5ccccc5)c4)cc1-c1ccccc1)c1ccc(C(C)(C)c4ccccc4)cc1B3c1ccc(C(C)(C)C)cc1N2c1cccc(C(C)(C)C)c1. The predicted octanol–water partition coefficient (Wildman–Crippen LogP) is 16.7. The minimum atomic E-state index is -0.296. The molecule has 356 valence electrons. The third kappa shape index (κ3) is 8.08. The first kappa shape index (κ1) is 47.0. The van der Waals surface area contributed by atoms with Gasteiger partial charge in [0.15, 0.2) is 0 Å². The van der Waals surface area contributed by atoms with Crippen LogP contribution < -0.4 is 26.2 Å². The number of nitrogens with zero attached hydrogens (tertiary/aromatic N) is 2. The van der Waals surface area contributed by atoms with Crippen LogP contribution >= 0.6 is 0 Å². The van der Waals surface area contributed by atoms with Gasteiger partial charge in [-0.25, -0.2) is 0 Å². The van der Waals surface area contributed by atoms with Crippen molar-refractivity contribution in [2.24, 2.45) is 0 Å². The Morgan fingerprint density at radius 3 is 1.49 bits per heavy atom. The molecule has 9 aromatic rings. The molecule has 2 aliphatic rings. The number of benzene rings is 9. The zero-order chi connectivity index (χ0) is 50.3. The molecule has 0 spiro atoms. The average Bonchev–Trinajstić information content (AvgIpc) is 3.38. The third-order valence-corrected chi connectivity index (χ3v) is 16.0. The van der Waals surface area contributed by atoms with Gasteiger partial charge in [0.25, 0.3) is 6.71 Å². The number of anilines is 6. The Labute approximate surface area is 430 Å². The molecule has 0 saturated carbocycles. The van der Waals surface area contributed by atoms with E-state index in [1.54, 1.807) is 0 Å². The third-order valence-electron chi connectivity index (χ3n) is 16.0. The van der Waals surface area contributed by atoms with Crippen LogP contribution in [0, 0.1) is 6.92 Å². The van der Waals surface area contributed by atoms with Crippen molar-refractivity contribution in [3.8, 4) is 22.3 Å². The molecule has 0 radical (unpaired) electrons. The van der Waals surface area contributed by atoms with Gasteiger partial charge in [-0.3, -0.25) is 0 Å². The average molecular weight is 935 g/mol. The monoisotopic (exact) mass is 935 g/mol. The molecule has 2 nitrogen and oxygen atoms in total. The van der Waals surface area contributed by atoms with Gasteiger partial charge in [0.2, 0.25) is 0 Å². The minimum absolute atomic E-state index is 0.0188. The normalized spacial score (nSPS) is 13.4. The number of hydrogen-bond acceptors (Lipinski definition) is 2. The zero-order valence-corrected chi connectivity index (χ0v) is 44.1. The Kier molecular flexibility index (Phi) is 11.4. The summed E-state index contributed by atoms with van der Waals surface area (Å²) in [6.07, 6.45) is 0. The first-order chi connectivity index (χ1) is 34.4. The summed E-state index contributed by atoms with van der Waals surface area (Å²) in [6, 6.07) is 78.2. The largest absolute Gasteiger partial charge is 0.311 e. The second-order valence-corrected chi connectivity index (χ2v) is 23.6. The lowest BCUT2D eigenvalue weighted by atomic mass is 9.33. The highest BCUT2D eigenvalue weighted by Gasteiger charge is 2.45. The molecule has 3 heteroatoms. The molecule has 0 aromatic heterocycles. The summed E-state index contributed by atoms with van der Waals surface area (Å²) in [4.78, 5) is 5.21. The first-order valence-corrected chi connectivity index (χ1v) is 26.0. The van der Waals surface area contributed by atoms with Crippen LogP contribution in [0.3, 0.4) is 0 Å². The van der Waals surface area contributed by atoms with Crippen LogP contribution in [0.1, 0.15) is 108 Å². The van der Waals surface area contributed by atoms with Crippen molar-refractivity contribution in [1.82, 2.24) is 0 Å². The van der Waals surface area contributed by atoms with E-state index in [0.29, 0.717) is 0 Å². The summed E-state index contributed by atoms with van der Waals surface area (Å²) in [5, 5.41) is 0. The second-order valence-electron chi connectivity index (χ2n) is 23.6. The van der Waals surface area contributed by atoms with Gasteiger partial charge in [0.1, 0.15) is 0 Å². The molecule has 0 bridgehead atoms. The number of rotatable bonds is 8. The highest BCUT2D eigenvalue weighted by Crippen LogP contribution is 2.49. The van der Waals surface area contributed by atoms with Gasteiger partial charge in [0.05, 0.1) is 5.69 Å². The summed E-state index contributed by atoms with van der Waals surface area (Å²) >= 11 is 0. The van der Waals surface area contributed by atoms with Gasteiger partial charge in [0, 0.05) is 44.8 Å². The van der Waals surface area contributed by atoms with E-state index in [2.05, 4.69) is 292 Å².